The van der Waals surface area contributed by atoms with Crippen LogP contribution in [0.4, 0.5) is 4.39 Å². The smallest absolute Gasteiger partial charge is 0.133 e. The van der Waals surface area contributed by atoms with Crippen LogP contribution in [0.2, 0.25) is 0 Å². The fourth-order valence-electron chi connectivity index (χ4n) is 3.27. The lowest BCUT2D eigenvalue weighted by Crippen LogP contribution is -2.39. The summed E-state index contributed by atoms with van der Waals surface area (Å²) in [6.07, 6.45) is 1.58. The second kappa shape index (κ2) is 10.2. The van der Waals surface area contributed by atoms with Crippen molar-refractivity contribution in [3.05, 3.63) is 64.4 Å². The van der Waals surface area contributed by atoms with Gasteiger partial charge in [-0.25, -0.2) is 4.39 Å². The minimum atomic E-state index is -0.660. The van der Waals surface area contributed by atoms with Crippen LogP contribution in [0.25, 0.3) is 0 Å². The van der Waals surface area contributed by atoms with Gasteiger partial charge in [0.1, 0.15) is 24.3 Å². The van der Waals surface area contributed by atoms with E-state index in [9.17, 15) is 9.50 Å². The summed E-state index contributed by atoms with van der Waals surface area (Å²) in [6.45, 7) is 2.67. The SMILES string of the molecule is OC(COc1ccccc1Br)CN(Cc1cccc(F)c1)CC1CCCO1. The van der Waals surface area contributed by atoms with Crippen molar-refractivity contribution in [1.29, 1.82) is 0 Å². The Morgan fingerprint density at radius 3 is 2.85 bits per heavy atom. The highest BCUT2D eigenvalue weighted by atomic mass is 79.9. The molecule has 2 atom stereocenters. The van der Waals surface area contributed by atoms with Gasteiger partial charge in [-0.3, -0.25) is 4.90 Å². The van der Waals surface area contributed by atoms with E-state index in [1.165, 1.54) is 12.1 Å². The van der Waals surface area contributed by atoms with Gasteiger partial charge in [-0.15, -0.1) is 0 Å². The summed E-state index contributed by atoms with van der Waals surface area (Å²) in [7, 11) is 0. The van der Waals surface area contributed by atoms with E-state index < -0.39 is 6.10 Å². The molecule has 146 valence electrons. The number of ether oxygens (including phenoxy) is 2. The first-order valence-corrected chi connectivity index (χ1v) is 10.0. The van der Waals surface area contributed by atoms with E-state index in [-0.39, 0.29) is 18.5 Å². The predicted octanol–water partition coefficient (Wildman–Crippen LogP) is 4.01. The number of hydrogen-bond donors (Lipinski definition) is 1. The lowest BCUT2D eigenvalue weighted by Gasteiger charge is -2.27. The first-order valence-electron chi connectivity index (χ1n) is 9.24. The third kappa shape index (κ3) is 6.57. The third-order valence-electron chi connectivity index (χ3n) is 4.52. The van der Waals surface area contributed by atoms with Crippen molar-refractivity contribution in [3.8, 4) is 5.75 Å². The molecule has 0 aromatic heterocycles. The molecule has 3 rings (SSSR count). The summed E-state index contributed by atoms with van der Waals surface area (Å²) >= 11 is 3.44. The number of hydrogen-bond acceptors (Lipinski definition) is 4. The van der Waals surface area contributed by atoms with Crippen LogP contribution < -0.4 is 4.74 Å². The maximum atomic E-state index is 13.5. The monoisotopic (exact) mass is 437 g/mol. The minimum absolute atomic E-state index is 0.162. The van der Waals surface area contributed by atoms with Gasteiger partial charge >= 0.3 is 0 Å². The summed E-state index contributed by atoms with van der Waals surface area (Å²) < 4.78 is 25.8. The molecule has 0 spiro atoms. The van der Waals surface area contributed by atoms with Gasteiger partial charge in [-0.1, -0.05) is 24.3 Å². The molecule has 0 bridgehead atoms. The number of aliphatic hydroxyl groups is 1. The zero-order chi connectivity index (χ0) is 19.1. The molecule has 2 unspecified atom stereocenters. The first-order chi connectivity index (χ1) is 13.1. The van der Waals surface area contributed by atoms with E-state index in [1.807, 2.05) is 30.3 Å². The van der Waals surface area contributed by atoms with Gasteiger partial charge in [0.15, 0.2) is 0 Å². The highest BCUT2D eigenvalue weighted by Gasteiger charge is 2.21. The van der Waals surface area contributed by atoms with Crippen molar-refractivity contribution in [3.63, 3.8) is 0 Å². The molecule has 0 radical (unpaired) electrons. The predicted molar refractivity (Wildman–Crippen MR) is 106 cm³/mol. The molecule has 27 heavy (non-hydrogen) atoms. The number of aliphatic hydroxyl groups excluding tert-OH is 1. The summed E-state index contributed by atoms with van der Waals surface area (Å²) in [6, 6.07) is 14.1. The van der Waals surface area contributed by atoms with Crippen LogP contribution in [0.15, 0.2) is 53.0 Å². The molecule has 2 aromatic rings. The van der Waals surface area contributed by atoms with E-state index in [2.05, 4.69) is 20.8 Å². The maximum absolute atomic E-state index is 13.5. The molecule has 6 heteroatoms. The van der Waals surface area contributed by atoms with Crippen LogP contribution in [0, 0.1) is 5.82 Å². The Balaban J connectivity index is 1.58. The van der Waals surface area contributed by atoms with Crippen LogP contribution in [0.5, 0.6) is 5.75 Å². The Hall–Kier alpha value is -1.47. The lowest BCUT2D eigenvalue weighted by atomic mass is 10.1. The molecule has 1 N–H and O–H groups in total. The molecular formula is C21H25BrFNO3. The van der Waals surface area contributed by atoms with Gasteiger partial charge in [0.05, 0.1) is 10.6 Å². The normalized spacial score (nSPS) is 18.0. The van der Waals surface area contributed by atoms with Crippen molar-refractivity contribution in [1.82, 2.24) is 4.90 Å². The van der Waals surface area contributed by atoms with E-state index in [4.69, 9.17) is 9.47 Å². The van der Waals surface area contributed by atoms with Gasteiger partial charge in [0, 0.05) is 26.2 Å². The maximum Gasteiger partial charge on any atom is 0.133 e. The fourth-order valence-corrected chi connectivity index (χ4v) is 3.67. The van der Waals surface area contributed by atoms with E-state index in [0.717, 1.165) is 29.5 Å². The highest BCUT2D eigenvalue weighted by molar-refractivity contribution is 9.10. The molecule has 1 aliphatic rings. The van der Waals surface area contributed by atoms with Gasteiger partial charge in [0.25, 0.3) is 0 Å². The van der Waals surface area contributed by atoms with Crippen LogP contribution in [0.3, 0.4) is 0 Å². The average molecular weight is 438 g/mol. The Labute approximate surface area is 168 Å². The highest BCUT2D eigenvalue weighted by Crippen LogP contribution is 2.24. The second-order valence-electron chi connectivity index (χ2n) is 6.85. The molecule has 0 amide bonds. The van der Waals surface area contributed by atoms with Crippen molar-refractivity contribution in [2.24, 2.45) is 0 Å². The Bertz CT molecular complexity index is 724. The number of nitrogens with zero attached hydrogens (tertiary/aromatic N) is 1. The topological polar surface area (TPSA) is 41.9 Å². The largest absolute Gasteiger partial charge is 0.490 e. The van der Waals surface area contributed by atoms with Crippen LogP contribution in [-0.4, -0.2) is 48.5 Å². The molecule has 1 saturated heterocycles. The van der Waals surface area contributed by atoms with Gasteiger partial charge in [-0.05, 0) is 58.6 Å². The van der Waals surface area contributed by atoms with Crippen molar-refractivity contribution < 1.29 is 19.0 Å². The van der Waals surface area contributed by atoms with Crippen LogP contribution in [-0.2, 0) is 11.3 Å². The summed E-state index contributed by atoms with van der Waals surface area (Å²) in [5.74, 6) is 0.453. The van der Waals surface area contributed by atoms with Crippen molar-refractivity contribution in [2.45, 2.75) is 31.6 Å². The average Bonchev–Trinajstić information content (AvgIpc) is 3.14. The Morgan fingerprint density at radius 1 is 1.26 bits per heavy atom. The summed E-state index contributed by atoms with van der Waals surface area (Å²) in [4.78, 5) is 2.11. The van der Waals surface area contributed by atoms with Crippen LogP contribution >= 0.6 is 15.9 Å². The Morgan fingerprint density at radius 2 is 2.11 bits per heavy atom. The zero-order valence-corrected chi connectivity index (χ0v) is 16.8. The second-order valence-corrected chi connectivity index (χ2v) is 7.71. The molecule has 0 saturated carbocycles. The number of halogens is 2. The fraction of sp³-hybridized carbons (Fsp3) is 0.429. The molecule has 1 heterocycles. The summed E-state index contributed by atoms with van der Waals surface area (Å²) in [5, 5.41) is 10.5. The molecule has 1 fully saturated rings. The number of benzene rings is 2. The van der Waals surface area contributed by atoms with E-state index in [0.29, 0.717) is 25.4 Å². The quantitative estimate of drug-likeness (QED) is 0.643. The van der Waals surface area contributed by atoms with Crippen molar-refractivity contribution >= 4 is 15.9 Å². The number of para-hydroxylation sites is 1. The molecule has 4 nitrogen and oxygen atoms in total. The van der Waals surface area contributed by atoms with Gasteiger partial charge in [0.2, 0.25) is 0 Å². The lowest BCUT2D eigenvalue weighted by molar-refractivity contribution is 0.0312. The van der Waals surface area contributed by atoms with Gasteiger partial charge < -0.3 is 14.6 Å². The standard InChI is InChI=1S/C21H25BrFNO3/c22-20-8-1-2-9-21(20)27-15-18(25)13-24(14-19-7-4-10-26-19)12-16-5-3-6-17(23)11-16/h1-3,5-6,8-9,11,18-19,25H,4,7,10,12-15H2. The first kappa shape index (κ1) is 20.3. The molecule has 2 aromatic carbocycles. The molecule has 0 aliphatic carbocycles. The third-order valence-corrected chi connectivity index (χ3v) is 5.17. The number of rotatable bonds is 9. The van der Waals surface area contributed by atoms with E-state index in [1.54, 1.807) is 6.07 Å². The Kier molecular flexibility index (Phi) is 7.64. The molecular weight excluding hydrogens is 413 g/mol. The zero-order valence-electron chi connectivity index (χ0n) is 15.2. The van der Waals surface area contributed by atoms with Crippen molar-refractivity contribution in [2.75, 3.05) is 26.3 Å². The molecule has 1 aliphatic heterocycles. The van der Waals surface area contributed by atoms with Crippen LogP contribution in [0.1, 0.15) is 18.4 Å². The van der Waals surface area contributed by atoms with Gasteiger partial charge in [-0.2, -0.15) is 0 Å². The minimum Gasteiger partial charge on any atom is -0.490 e. The van der Waals surface area contributed by atoms with E-state index >= 15 is 0 Å². The summed E-state index contributed by atoms with van der Waals surface area (Å²) in [5.41, 5.74) is 0.881.